The van der Waals surface area contributed by atoms with Crippen LogP contribution in [0.2, 0.25) is 0 Å². The molecule has 152 valence electrons. The smallest absolute Gasteiger partial charge is 0.227 e. The van der Waals surface area contributed by atoms with E-state index in [2.05, 4.69) is 62.0 Å². The zero-order valence-corrected chi connectivity index (χ0v) is 19.0. The van der Waals surface area contributed by atoms with Crippen molar-refractivity contribution in [2.75, 3.05) is 0 Å². The van der Waals surface area contributed by atoms with Crippen molar-refractivity contribution in [1.29, 1.82) is 0 Å². The highest BCUT2D eigenvalue weighted by molar-refractivity contribution is 5.82. The molecule has 1 saturated heterocycles. The number of amides is 1. The summed E-state index contributed by atoms with van der Waals surface area (Å²) in [4.78, 5) is 14.6. The highest BCUT2D eigenvalue weighted by atomic mass is 16.2. The molecule has 1 fully saturated rings. The van der Waals surface area contributed by atoms with Crippen molar-refractivity contribution in [2.45, 2.75) is 112 Å². The lowest BCUT2D eigenvalue weighted by molar-refractivity contribution is -0.131. The highest BCUT2D eigenvalue weighted by Crippen LogP contribution is 2.40. The molecule has 0 aromatic rings. The van der Waals surface area contributed by atoms with Crippen LogP contribution >= 0.6 is 0 Å². The second kappa shape index (κ2) is 9.42. The van der Waals surface area contributed by atoms with E-state index in [0.29, 0.717) is 23.7 Å². The van der Waals surface area contributed by atoms with Crippen LogP contribution in [0.5, 0.6) is 0 Å². The maximum atomic E-state index is 12.6. The summed E-state index contributed by atoms with van der Waals surface area (Å²) in [6.07, 6.45) is 9.45. The zero-order valence-electron chi connectivity index (χ0n) is 19.0. The van der Waals surface area contributed by atoms with Crippen LogP contribution in [0.3, 0.4) is 0 Å². The fourth-order valence-corrected chi connectivity index (χ4v) is 4.46. The highest BCUT2D eigenvalue weighted by Gasteiger charge is 2.42. The molecule has 26 heavy (non-hydrogen) atoms. The monoisotopic (exact) mass is 363 g/mol. The molecule has 1 amide bonds. The second-order valence-electron chi connectivity index (χ2n) is 10.7. The quantitative estimate of drug-likeness (QED) is 0.355. The molecule has 0 spiro atoms. The summed E-state index contributed by atoms with van der Waals surface area (Å²) in [6, 6.07) is 0. The van der Waals surface area contributed by atoms with E-state index in [1.165, 1.54) is 38.5 Å². The molecule has 0 aliphatic carbocycles. The SMILES string of the molecule is C=C1C(C(C)C)CC(=O)N1C(C)(C)CCCC(C)(C)CCCCC(C)C. The molecular weight excluding hydrogens is 318 g/mol. The van der Waals surface area contributed by atoms with Crippen LogP contribution in [0.1, 0.15) is 107 Å². The number of rotatable bonds is 11. The van der Waals surface area contributed by atoms with Gasteiger partial charge in [0.15, 0.2) is 0 Å². The van der Waals surface area contributed by atoms with Crippen LogP contribution in [0, 0.1) is 23.2 Å². The van der Waals surface area contributed by atoms with Crippen molar-refractivity contribution in [2.24, 2.45) is 23.2 Å². The number of hydrogen-bond donors (Lipinski definition) is 0. The van der Waals surface area contributed by atoms with Gasteiger partial charge >= 0.3 is 0 Å². The van der Waals surface area contributed by atoms with Gasteiger partial charge in [0.05, 0.1) is 0 Å². The first-order chi connectivity index (χ1) is 11.9. The van der Waals surface area contributed by atoms with Crippen molar-refractivity contribution >= 4 is 5.91 Å². The van der Waals surface area contributed by atoms with Crippen LogP contribution < -0.4 is 0 Å². The van der Waals surface area contributed by atoms with Crippen molar-refractivity contribution < 1.29 is 4.79 Å². The summed E-state index contributed by atoms with van der Waals surface area (Å²) in [5, 5.41) is 0. The summed E-state index contributed by atoms with van der Waals surface area (Å²) in [7, 11) is 0. The summed E-state index contributed by atoms with van der Waals surface area (Å²) >= 11 is 0. The Bertz CT molecular complexity index is 473. The molecule has 1 aliphatic heterocycles. The lowest BCUT2D eigenvalue weighted by Crippen LogP contribution is -2.43. The van der Waals surface area contributed by atoms with Gasteiger partial charge in [-0.25, -0.2) is 0 Å². The normalized spacial score (nSPS) is 19.3. The van der Waals surface area contributed by atoms with E-state index in [1.807, 2.05) is 4.90 Å². The third-order valence-corrected chi connectivity index (χ3v) is 6.30. The second-order valence-corrected chi connectivity index (χ2v) is 10.7. The van der Waals surface area contributed by atoms with E-state index in [4.69, 9.17) is 0 Å². The Labute approximate surface area is 163 Å². The molecule has 0 saturated carbocycles. The molecule has 1 heterocycles. The number of carbonyl (C=O) groups is 1. The molecule has 0 radical (unpaired) electrons. The van der Waals surface area contributed by atoms with Crippen molar-refractivity contribution in [3.8, 4) is 0 Å². The number of carbonyl (C=O) groups excluding carboxylic acids is 1. The predicted octanol–water partition coefficient (Wildman–Crippen LogP) is 7.20. The van der Waals surface area contributed by atoms with Crippen molar-refractivity contribution in [3.63, 3.8) is 0 Å². The van der Waals surface area contributed by atoms with E-state index in [0.717, 1.165) is 18.0 Å². The minimum Gasteiger partial charge on any atom is -0.311 e. The molecule has 1 unspecified atom stereocenters. The van der Waals surface area contributed by atoms with Gasteiger partial charge < -0.3 is 4.90 Å². The average molecular weight is 364 g/mol. The molecule has 1 atom stereocenters. The fraction of sp³-hybridized carbons (Fsp3) is 0.875. The maximum Gasteiger partial charge on any atom is 0.227 e. The van der Waals surface area contributed by atoms with Gasteiger partial charge in [0.1, 0.15) is 0 Å². The summed E-state index contributed by atoms with van der Waals surface area (Å²) < 4.78 is 0. The van der Waals surface area contributed by atoms with Crippen molar-refractivity contribution in [1.82, 2.24) is 4.90 Å². The maximum absolute atomic E-state index is 12.6. The number of likely N-dealkylation sites (tertiary alicyclic amines) is 1. The van der Waals surface area contributed by atoms with E-state index >= 15 is 0 Å². The Morgan fingerprint density at radius 2 is 1.58 bits per heavy atom. The fourth-order valence-electron chi connectivity index (χ4n) is 4.46. The van der Waals surface area contributed by atoms with E-state index in [-0.39, 0.29) is 11.4 Å². The topological polar surface area (TPSA) is 20.3 Å². The Hall–Kier alpha value is -0.790. The number of unbranched alkanes of at least 4 members (excludes halogenated alkanes) is 1. The molecule has 0 aromatic carbocycles. The van der Waals surface area contributed by atoms with Crippen LogP contribution in [0.15, 0.2) is 12.3 Å². The van der Waals surface area contributed by atoms with Crippen LogP contribution in [0.4, 0.5) is 0 Å². The molecule has 1 aliphatic rings. The predicted molar refractivity (Wildman–Crippen MR) is 114 cm³/mol. The molecule has 0 aromatic heterocycles. The van der Waals surface area contributed by atoms with Gasteiger partial charge in [-0.05, 0) is 50.4 Å². The minimum atomic E-state index is -0.120. The Kier molecular flexibility index (Phi) is 8.42. The van der Waals surface area contributed by atoms with Gasteiger partial charge in [-0.1, -0.05) is 73.8 Å². The number of hydrogen-bond acceptors (Lipinski definition) is 1. The van der Waals surface area contributed by atoms with Crippen molar-refractivity contribution in [3.05, 3.63) is 12.3 Å². The van der Waals surface area contributed by atoms with Gasteiger partial charge in [0.25, 0.3) is 0 Å². The lowest BCUT2D eigenvalue weighted by Gasteiger charge is -2.38. The Morgan fingerprint density at radius 1 is 1.00 bits per heavy atom. The average Bonchev–Trinajstić information content (AvgIpc) is 2.78. The van der Waals surface area contributed by atoms with Gasteiger partial charge in [-0.2, -0.15) is 0 Å². The van der Waals surface area contributed by atoms with Crippen LogP contribution in [-0.4, -0.2) is 16.3 Å². The Morgan fingerprint density at radius 3 is 2.08 bits per heavy atom. The first-order valence-electron chi connectivity index (χ1n) is 10.9. The van der Waals surface area contributed by atoms with E-state index in [1.54, 1.807) is 0 Å². The van der Waals surface area contributed by atoms with Crippen LogP contribution in [-0.2, 0) is 4.79 Å². The van der Waals surface area contributed by atoms with E-state index in [9.17, 15) is 4.79 Å². The molecular formula is C24H45NO. The van der Waals surface area contributed by atoms with Gasteiger partial charge in [0, 0.05) is 23.6 Å². The molecule has 1 rings (SSSR count). The molecule has 2 nitrogen and oxygen atoms in total. The minimum absolute atomic E-state index is 0.120. The third kappa shape index (κ3) is 6.74. The number of allylic oxidation sites excluding steroid dienone is 1. The lowest BCUT2D eigenvalue weighted by atomic mass is 9.80. The summed E-state index contributed by atoms with van der Waals surface area (Å²) in [5.41, 5.74) is 1.33. The molecule has 0 bridgehead atoms. The van der Waals surface area contributed by atoms with Gasteiger partial charge in [0.2, 0.25) is 5.91 Å². The van der Waals surface area contributed by atoms with Gasteiger partial charge in [-0.3, -0.25) is 4.79 Å². The summed E-state index contributed by atoms with van der Waals surface area (Å²) in [5.74, 6) is 1.89. The molecule has 2 heteroatoms. The summed E-state index contributed by atoms with van der Waals surface area (Å²) in [6.45, 7) is 22.5. The number of nitrogens with zero attached hydrogens (tertiary/aromatic N) is 1. The Balaban J connectivity index is 2.50. The van der Waals surface area contributed by atoms with Gasteiger partial charge in [-0.15, -0.1) is 0 Å². The van der Waals surface area contributed by atoms with E-state index < -0.39 is 0 Å². The van der Waals surface area contributed by atoms with Crippen LogP contribution in [0.25, 0.3) is 0 Å². The first-order valence-corrected chi connectivity index (χ1v) is 10.9. The third-order valence-electron chi connectivity index (χ3n) is 6.30. The first kappa shape index (κ1) is 23.2. The largest absolute Gasteiger partial charge is 0.311 e. The zero-order chi connectivity index (χ0) is 20.1. The molecule has 0 N–H and O–H groups in total. The standard InChI is InChI=1S/C24H45NO/c1-18(2)13-10-11-14-23(6,7)15-12-16-24(8,9)25-20(5)21(19(3)4)17-22(25)26/h18-19,21H,5,10-17H2,1-4,6-9H3.